The zero-order valence-corrected chi connectivity index (χ0v) is 25.5. The molecule has 1 aromatic carbocycles. The molecule has 3 heterocycles. The number of nitrogens with one attached hydrogen (secondary N) is 1. The molecule has 12 heteroatoms. The first-order chi connectivity index (χ1) is 20.5. The van der Waals surface area contributed by atoms with E-state index < -0.39 is 29.6 Å². The van der Waals surface area contributed by atoms with E-state index in [0.717, 1.165) is 31.5 Å². The maximum absolute atomic E-state index is 13.7. The van der Waals surface area contributed by atoms with Crippen LogP contribution in [0.3, 0.4) is 0 Å². The number of carbonyl (C=O) groups is 4. The molecule has 2 fully saturated rings. The summed E-state index contributed by atoms with van der Waals surface area (Å²) in [7, 11) is 0. The van der Waals surface area contributed by atoms with E-state index in [2.05, 4.69) is 15.2 Å². The second-order valence-corrected chi connectivity index (χ2v) is 11.7. The van der Waals surface area contributed by atoms with Gasteiger partial charge in [0.05, 0.1) is 6.61 Å². The number of aromatic nitrogens is 2. The third kappa shape index (κ3) is 8.89. The molecule has 0 aliphatic carbocycles. The summed E-state index contributed by atoms with van der Waals surface area (Å²) in [5, 5.41) is 2.85. The van der Waals surface area contributed by atoms with E-state index in [9.17, 15) is 19.2 Å². The highest BCUT2D eigenvalue weighted by molar-refractivity contribution is 5.97. The van der Waals surface area contributed by atoms with Crippen molar-refractivity contribution in [2.24, 2.45) is 0 Å². The lowest BCUT2D eigenvalue weighted by molar-refractivity contribution is -0.155. The van der Waals surface area contributed by atoms with Gasteiger partial charge in [0.1, 0.15) is 23.2 Å². The highest BCUT2D eigenvalue weighted by atomic mass is 16.6. The SMILES string of the molecule is CCOC(=O)N1CCN(C(=O)C(CCC(=O)OC(C)(C)C)NC(=O)c2cc(N3CCCC3)nc(-c3ccccc3)n2)CC1. The fourth-order valence-corrected chi connectivity index (χ4v) is 5.06. The summed E-state index contributed by atoms with van der Waals surface area (Å²) < 4.78 is 10.5. The van der Waals surface area contributed by atoms with Crippen molar-refractivity contribution in [1.29, 1.82) is 0 Å². The third-order valence-corrected chi connectivity index (χ3v) is 7.19. The third-order valence-electron chi connectivity index (χ3n) is 7.19. The standard InChI is InChI=1S/C31H42N6O6/c1-5-42-30(41)37-19-17-36(18-20-37)29(40)23(13-14-26(38)43-31(2,3)4)33-28(39)24-21-25(35-15-9-10-16-35)34-27(32-24)22-11-7-6-8-12-22/h6-8,11-12,21,23H,5,9-10,13-20H2,1-4H3,(H,33,39). The van der Waals surface area contributed by atoms with Crippen LogP contribution in [0, 0.1) is 0 Å². The number of anilines is 1. The summed E-state index contributed by atoms with van der Waals surface area (Å²) >= 11 is 0. The molecule has 2 aromatic rings. The fourth-order valence-electron chi connectivity index (χ4n) is 5.06. The number of hydrogen-bond donors (Lipinski definition) is 1. The minimum atomic E-state index is -1.00. The van der Waals surface area contributed by atoms with Gasteiger partial charge in [-0.3, -0.25) is 14.4 Å². The zero-order chi connectivity index (χ0) is 31.0. The molecule has 12 nitrogen and oxygen atoms in total. The van der Waals surface area contributed by atoms with Crippen LogP contribution in [0.5, 0.6) is 0 Å². The van der Waals surface area contributed by atoms with E-state index in [1.807, 2.05) is 30.3 Å². The number of amides is 3. The van der Waals surface area contributed by atoms with Crippen molar-refractivity contribution in [1.82, 2.24) is 25.1 Å². The number of esters is 1. The van der Waals surface area contributed by atoms with Gasteiger partial charge in [-0.2, -0.15) is 0 Å². The summed E-state index contributed by atoms with van der Waals surface area (Å²) in [6.07, 6.45) is 1.65. The molecule has 0 radical (unpaired) electrons. The first-order valence-corrected chi connectivity index (χ1v) is 15.0. The molecule has 1 N–H and O–H groups in total. The summed E-state index contributed by atoms with van der Waals surface area (Å²) in [4.78, 5) is 66.7. The monoisotopic (exact) mass is 594 g/mol. The molecule has 3 amide bonds. The van der Waals surface area contributed by atoms with Gasteiger partial charge in [-0.1, -0.05) is 30.3 Å². The molecule has 232 valence electrons. The van der Waals surface area contributed by atoms with Gasteiger partial charge < -0.3 is 29.5 Å². The Hall–Kier alpha value is -4.22. The van der Waals surface area contributed by atoms with Crippen LogP contribution in [0.2, 0.25) is 0 Å². The molecule has 1 aromatic heterocycles. The average molecular weight is 595 g/mol. The zero-order valence-electron chi connectivity index (χ0n) is 25.5. The van der Waals surface area contributed by atoms with E-state index >= 15 is 0 Å². The Bertz CT molecular complexity index is 1280. The Morgan fingerprint density at radius 2 is 1.58 bits per heavy atom. The van der Waals surface area contributed by atoms with Gasteiger partial charge in [0.25, 0.3) is 5.91 Å². The van der Waals surface area contributed by atoms with Crippen LogP contribution in [0.25, 0.3) is 11.4 Å². The molecular weight excluding hydrogens is 552 g/mol. The first-order valence-electron chi connectivity index (χ1n) is 15.0. The molecule has 0 saturated carbocycles. The molecule has 4 rings (SSSR count). The Morgan fingerprint density at radius 3 is 2.21 bits per heavy atom. The van der Waals surface area contributed by atoms with Crippen LogP contribution in [-0.2, 0) is 19.1 Å². The minimum Gasteiger partial charge on any atom is -0.460 e. The number of nitrogens with zero attached hydrogens (tertiary/aromatic N) is 5. The maximum atomic E-state index is 13.7. The topological polar surface area (TPSA) is 134 Å². The molecule has 2 aliphatic rings. The second kappa shape index (κ2) is 14.3. The summed E-state index contributed by atoms with van der Waals surface area (Å²) in [5.74, 6) is -0.258. The van der Waals surface area contributed by atoms with Gasteiger partial charge in [-0.15, -0.1) is 0 Å². The number of piperazine rings is 1. The Kier molecular flexibility index (Phi) is 10.5. The van der Waals surface area contributed by atoms with Crippen LogP contribution in [-0.4, -0.2) is 101 Å². The Labute approximate surface area is 252 Å². The van der Waals surface area contributed by atoms with Crippen LogP contribution in [0.1, 0.15) is 63.9 Å². The fraction of sp³-hybridized carbons (Fsp3) is 0.548. The normalized spacial score (nSPS) is 16.0. The van der Waals surface area contributed by atoms with E-state index in [0.29, 0.717) is 24.7 Å². The Balaban J connectivity index is 1.55. The van der Waals surface area contributed by atoms with Crippen molar-refractivity contribution in [2.75, 3.05) is 50.8 Å². The van der Waals surface area contributed by atoms with Gasteiger partial charge in [0.2, 0.25) is 5.91 Å². The maximum Gasteiger partial charge on any atom is 0.409 e. The average Bonchev–Trinajstić information content (AvgIpc) is 3.54. The lowest BCUT2D eigenvalue weighted by Gasteiger charge is -2.36. The van der Waals surface area contributed by atoms with Crippen LogP contribution in [0.4, 0.5) is 10.6 Å². The summed E-state index contributed by atoms with van der Waals surface area (Å²) in [6.45, 7) is 10.2. The van der Waals surface area contributed by atoms with Crippen molar-refractivity contribution in [3.63, 3.8) is 0 Å². The molecule has 1 unspecified atom stereocenters. The number of hydrogen-bond acceptors (Lipinski definition) is 9. The number of carbonyl (C=O) groups excluding carboxylic acids is 4. The predicted molar refractivity (Wildman–Crippen MR) is 160 cm³/mol. The number of rotatable bonds is 9. The number of ether oxygens (including phenoxy) is 2. The van der Waals surface area contributed by atoms with Crippen molar-refractivity contribution in [2.45, 2.75) is 65.0 Å². The van der Waals surface area contributed by atoms with E-state index in [-0.39, 0.29) is 44.1 Å². The quantitative estimate of drug-likeness (QED) is 0.434. The van der Waals surface area contributed by atoms with Gasteiger partial charge in [-0.25, -0.2) is 14.8 Å². The van der Waals surface area contributed by atoms with Crippen LogP contribution in [0.15, 0.2) is 36.4 Å². The molecule has 1 atom stereocenters. The first kappa shape index (κ1) is 31.7. The summed E-state index contributed by atoms with van der Waals surface area (Å²) in [5.41, 5.74) is 0.233. The highest BCUT2D eigenvalue weighted by Crippen LogP contribution is 2.23. The van der Waals surface area contributed by atoms with E-state index in [1.165, 1.54) is 0 Å². The predicted octanol–water partition coefficient (Wildman–Crippen LogP) is 3.26. The molecule has 2 saturated heterocycles. The minimum absolute atomic E-state index is 0.0488. The lowest BCUT2D eigenvalue weighted by Crippen LogP contribution is -2.56. The highest BCUT2D eigenvalue weighted by Gasteiger charge is 2.32. The van der Waals surface area contributed by atoms with Crippen LogP contribution < -0.4 is 10.2 Å². The van der Waals surface area contributed by atoms with Gasteiger partial charge in [0.15, 0.2) is 5.82 Å². The van der Waals surface area contributed by atoms with E-state index in [4.69, 9.17) is 14.5 Å². The van der Waals surface area contributed by atoms with Gasteiger partial charge in [-0.05, 0) is 47.0 Å². The van der Waals surface area contributed by atoms with Gasteiger partial charge in [0, 0.05) is 57.3 Å². The van der Waals surface area contributed by atoms with Gasteiger partial charge >= 0.3 is 12.1 Å². The van der Waals surface area contributed by atoms with Crippen molar-refractivity contribution in [3.8, 4) is 11.4 Å². The molecule has 0 bridgehead atoms. The Morgan fingerprint density at radius 1 is 0.930 bits per heavy atom. The largest absolute Gasteiger partial charge is 0.460 e. The van der Waals surface area contributed by atoms with Crippen molar-refractivity contribution < 1.29 is 28.7 Å². The molecular formula is C31H42N6O6. The summed E-state index contributed by atoms with van der Waals surface area (Å²) in [6, 6.07) is 10.1. The lowest BCUT2D eigenvalue weighted by atomic mass is 10.1. The second-order valence-electron chi connectivity index (χ2n) is 11.7. The number of benzene rings is 1. The van der Waals surface area contributed by atoms with Crippen molar-refractivity contribution in [3.05, 3.63) is 42.1 Å². The van der Waals surface area contributed by atoms with E-state index in [1.54, 1.807) is 43.6 Å². The van der Waals surface area contributed by atoms with Crippen molar-refractivity contribution >= 4 is 29.7 Å². The molecule has 2 aliphatic heterocycles. The van der Waals surface area contributed by atoms with Crippen LogP contribution >= 0.6 is 0 Å². The molecule has 43 heavy (non-hydrogen) atoms. The smallest absolute Gasteiger partial charge is 0.409 e. The molecule has 0 spiro atoms.